The van der Waals surface area contributed by atoms with Crippen molar-refractivity contribution < 1.29 is 0 Å². The van der Waals surface area contributed by atoms with Gasteiger partial charge < -0.3 is 5.73 Å². The van der Waals surface area contributed by atoms with Crippen LogP contribution >= 0.6 is 23.4 Å². The van der Waals surface area contributed by atoms with Crippen molar-refractivity contribution in [1.82, 2.24) is 19.6 Å². The summed E-state index contributed by atoms with van der Waals surface area (Å²) >= 11 is 7.63. The number of aromatic nitrogens is 4. The van der Waals surface area contributed by atoms with E-state index >= 15 is 0 Å². The molecular formula is C12H10ClN5S. The summed E-state index contributed by atoms with van der Waals surface area (Å²) in [6.07, 6.45) is 3.60. The molecule has 0 fully saturated rings. The number of pyridine rings is 2. The molecule has 96 valence electrons. The highest BCUT2D eigenvalue weighted by Gasteiger charge is 2.12. The first kappa shape index (κ1) is 12.4. The maximum Gasteiger partial charge on any atom is 0.201 e. The van der Waals surface area contributed by atoms with Crippen LogP contribution in [0.2, 0.25) is 5.02 Å². The standard InChI is InChI=1S/C12H10ClN5S/c13-10-8(7-14)4-5-15-11(10)19-12-17-16-9-3-1-2-6-18(9)12/h1-6H,7,14H2. The van der Waals surface area contributed by atoms with Gasteiger partial charge in [0.15, 0.2) is 5.65 Å². The average Bonchev–Trinajstić information content (AvgIpc) is 2.85. The zero-order chi connectivity index (χ0) is 13.2. The van der Waals surface area contributed by atoms with Crippen LogP contribution in [-0.4, -0.2) is 19.6 Å². The van der Waals surface area contributed by atoms with Crippen molar-refractivity contribution in [3.05, 3.63) is 47.2 Å². The Balaban J connectivity index is 2.02. The zero-order valence-electron chi connectivity index (χ0n) is 9.82. The summed E-state index contributed by atoms with van der Waals surface area (Å²) in [5.74, 6) is 0. The fourth-order valence-electron chi connectivity index (χ4n) is 1.67. The first-order valence-corrected chi connectivity index (χ1v) is 6.80. The summed E-state index contributed by atoms with van der Waals surface area (Å²) in [5, 5.41) is 10.2. The molecule has 3 rings (SSSR count). The molecule has 0 bridgehead atoms. The SMILES string of the molecule is NCc1ccnc(Sc2nnc3ccccn23)c1Cl. The highest BCUT2D eigenvalue weighted by Crippen LogP contribution is 2.32. The molecule has 0 saturated heterocycles. The lowest BCUT2D eigenvalue weighted by molar-refractivity contribution is 0.915. The third-order valence-corrected chi connectivity index (χ3v) is 4.13. The van der Waals surface area contributed by atoms with Gasteiger partial charge in [0.25, 0.3) is 0 Å². The van der Waals surface area contributed by atoms with Gasteiger partial charge in [0.05, 0.1) is 5.02 Å². The Hall–Kier alpha value is -1.63. The van der Waals surface area contributed by atoms with Gasteiger partial charge in [-0.05, 0) is 35.5 Å². The first-order valence-electron chi connectivity index (χ1n) is 5.60. The highest BCUT2D eigenvalue weighted by molar-refractivity contribution is 7.99. The summed E-state index contributed by atoms with van der Waals surface area (Å²) in [6, 6.07) is 7.54. The molecule has 0 atom stereocenters. The molecule has 3 aromatic heterocycles. The second kappa shape index (κ2) is 5.16. The average molecular weight is 292 g/mol. The summed E-state index contributed by atoms with van der Waals surface area (Å²) in [6.45, 7) is 0.384. The summed E-state index contributed by atoms with van der Waals surface area (Å²) in [4.78, 5) is 4.26. The van der Waals surface area contributed by atoms with Gasteiger partial charge in [0.2, 0.25) is 5.16 Å². The molecule has 3 aromatic rings. The molecule has 5 nitrogen and oxygen atoms in total. The Morgan fingerprint density at radius 1 is 1.26 bits per heavy atom. The van der Waals surface area contributed by atoms with Gasteiger partial charge in [-0.1, -0.05) is 17.7 Å². The van der Waals surface area contributed by atoms with E-state index in [9.17, 15) is 0 Å². The van der Waals surface area contributed by atoms with Gasteiger partial charge in [-0.3, -0.25) is 4.40 Å². The molecule has 2 N–H and O–H groups in total. The fraction of sp³-hybridized carbons (Fsp3) is 0.0833. The topological polar surface area (TPSA) is 69.1 Å². The van der Waals surface area contributed by atoms with E-state index in [1.54, 1.807) is 6.20 Å². The van der Waals surface area contributed by atoms with Crippen LogP contribution in [0.4, 0.5) is 0 Å². The summed E-state index contributed by atoms with van der Waals surface area (Å²) in [7, 11) is 0. The van der Waals surface area contributed by atoms with E-state index in [1.165, 1.54) is 11.8 Å². The number of halogens is 1. The van der Waals surface area contributed by atoms with Crippen molar-refractivity contribution in [1.29, 1.82) is 0 Å². The van der Waals surface area contributed by atoms with E-state index in [0.29, 0.717) is 16.6 Å². The maximum atomic E-state index is 6.26. The molecule has 0 unspecified atom stereocenters. The molecule has 19 heavy (non-hydrogen) atoms. The van der Waals surface area contributed by atoms with Crippen LogP contribution in [0.3, 0.4) is 0 Å². The normalized spacial score (nSPS) is 11.1. The predicted molar refractivity (Wildman–Crippen MR) is 74.2 cm³/mol. The molecule has 0 spiro atoms. The largest absolute Gasteiger partial charge is 0.326 e. The molecule has 0 aliphatic heterocycles. The molecule has 0 aromatic carbocycles. The number of fused-ring (bicyclic) bond motifs is 1. The van der Waals surface area contributed by atoms with Gasteiger partial charge >= 0.3 is 0 Å². The number of nitrogens with zero attached hydrogens (tertiary/aromatic N) is 4. The third-order valence-electron chi connectivity index (χ3n) is 2.63. The predicted octanol–water partition coefficient (Wildman–Crippen LogP) is 2.39. The minimum atomic E-state index is 0.384. The van der Waals surface area contributed by atoms with Crippen molar-refractivity contribution in [2.45, 2.75) is 16.7 Å². The van der Waals surface area contributed by atoms with Crippen LogP contribution in [0.25, 0.3) is 5.65 Å². The molecular weight excluding hydrogens is 282 g/mol. The van der Waals surface area contributed by atoms with Crippen molar-refractivity contribution >= 4 is 29.0 Å². The van der Waals surface area contributed by atoms with E-state index in [2.05, 4.69) is 15.2 Å². The smallest absolute Gasteiger partial charge is 0.201 e. The van der Waals surface area contributed by atoms with Gasteiger partial charge in [0, 0.05) is 18.9 Å². The summed E-state index contributed by atoms with van der Waals surface area (Å²) in [5.41, 5.74) is 7.29. The van der Waals surface area contributed by atoms with Crippen molar-refractivity contribution in [3.8, 4) is 0 Å². The number of hydrogen-bond acceptors (Lipinski definition) is 5. The lowest BCUT2D eigenvalue weighted by Crippen LogP contribution is -1.99. The van der Waals surface area contributed by atoms with E-state index < -0.39 is 0 Å². The number of nitrogens with two attached hydrogens (primary N) is 1. The zero-order valence-corrected chi connectivity index (χ0v) is 11.4. The molecule has 7 heteroatoms. The van der Waals surface area contributed by atoms with Crippen LogP contribution in [0.15, 0.2) is 46.8 Å². The second-order valence-corrected chi connectivity index (χ2v) is 5.14. The first-order chi connectivity index (χ1) is 9.29. The molecule has 0 saturated carbocycles. The monoisotopic (exact) mass is 291 g/mol. The van der Waals surface area contributed by atoms with Gasteiger partial charge in [0.1, 0.15) is 5.03 Å². The van der Waals surface area contributed by atoms with Crippen LogP contribution in [0.5, 0.6) is 0 Å². The third kappa shape index (κ3) is 2.30. The Kier molecular flexibility index (Phi) is 3.37. The van der Waals surface area contributed by atoms with E-state index in [-0.39, 0.29) is 0 Å². The van der Waals surface area contributed by atoms with E-state index in [0.717, 1.165) is 16.4 Å². The van der Waals surface area contributed by atoms with E-state index in [1.807, 2.05) is 34.9 Å². The summed E-state index contributed by atoms with van der Waals surface area (Å²) < 4.78 is 1.89. The van der Waals surface area contributed by atoms with Gasteiger partial charge in [-0.15, -0.1) is 10.2 Å². The van der Waals surface area contributed by atoms with Crippen LogP contribution in [0.1, 0.15) is 5.56 Å². The maximum absolute atomic E-state index is 6.26. The fourth-order valence-corrected chi connectivity index (χ4v) is 2.81. The Morgan fingerprint density at radius 3 is 3.00 bits per heavy atom. The lowest BCUT2D eigenvalue weighted by Gasteiger charge is -2.05. The molecule has 0 radical (unpaired) electrons. The van der Waals surface area contributed by atoms with Crippen LogP contribution in [-0.2, 0) is 6.54 Å². The quantitative estimate of drug-likeness (QED) is 0.802. The molecule has 0 aliphatic rings. The van der Waals surface area contributed by atoms with Crippen molar-refractivity contribution in [2.24, 2.45) is 5.73 Å². The Morgan fingerprint density at radius 2 is 2.16 bits per heavy atom. The minimum absolute atomic E-state index is 0.384. The van der Waals surface area contributed by atoms with Crippen LogP contribution < -0.4 is 5.73 Å². The van der Waals surface area contributed by atoms with E-state index in [4.69, 9.17) is 17.3 Å². The molecule has 3 heterocycles. The molecule has 0 amide bonds. The lowest BCUT2D eigenvalue weighted by atomic mass is 10.3. The minimum Gasteiger partial charge on any atom is -0.326 e. The number of hydrogen-bond donors (Lipinski definition) is 1. The van der Waals surface area contributed by atoms with Gasteiger partial charge in [-0.2, -0.15) is 0 Å². The van der Waals surface area contributed by atoms with Gasteiger partial charge in [-0.25, -0.2) is 4.98 Å². The Labute approximate surface area is 118 Å². The molecule has 0 aliphatic carbocycles. The Bertz CT molecular complexity index is 727. The van der Waals surface area contributed by atoms with Crippen molar-refractivity contribution in [2.75, 3.05) is 0 Å². The second-order valence-electron chi connectivity index (χ2n) is 3.81. The highest BCUT2D eigenvalue weighted by atomic mass is 35.5. The van der Waals surface area contributed by atoms with Crippen molar-refractivity contribution in [3.63, 3.8) is 0 Å². The van der Waals surface area contributed by atoms with Crippen LogP contribution in [0, 0.1) is 0 Å². The number of rotatable bonds is 3.